The first-order valence-corrected chi connectivity index (χ1v) is 9.28. The first kappa shape index (κ1) is 19.3. The van der Waals surface area contributed by atoms with E-state index in [1.54, 1.807) is 60.8 Å². The number of rotatable bonds is 6. The average Bonchev–Trinajstić information content (AvgIpc) is 3.23. The maximum atomic E-state index is 12.1. The van der Waals surface area contributed by atoms with Crippen LogP contribution in [-0.2, 0) is 4.79 Å². The largest absolute Gasteiger partial charge is 0.493 e. The van der Waals surface area contributed by atoms with E-state index in [9.17, 15) is 9.59 Å². The van der Waals surface area contributed by atoms with Crippen LogP contribution in [0.25, 0.3) is 0 Å². The molecule has 2 aromatic carbocycles. The molecule has 6 nitrogen and oxygen atoms in total. The number of thiophene rings is 1. The fourth-order valence-corrected chi connectivity index (χ4v) is 2.98. The van der Waals surface area contributed by atoms with Gasteiger partial charge in [-0.2, -0.15) is 0 Å². The number of esters is 1. The van der Waals surface area contributed by atoms with Gasteiger partial charge in [-0.25, -0.2) is 4.79 Å². The Hall–Kier alpha value is -3.45. The van der Waals surface area contributed by atoms with E-state index in [1.807, 2.05) is 5.38 Å². The molecule has 0 saturated heterocycles. The first-order valence-electron chi connectivity index (χ1n) is 8.40. The van der Waals surface area contributed by atoms with Crippen LogP contribution < -0.4 is 14.8 Å². The molecule has 1 N–H and O–H groups in total. The Kier molecular flexibility index (Phi) is 6.18. The molecule has 0 aliphatic heterocycles. The number of nitrogens with zero attached hydrogens (tertiary/aromatic N) is 1. The minimum absolute atomic E-state index is 0.122. The van der Waals surface area contributed by atoms with Crippen molar-refractivity contribution in [1.82, 2.24) is 0 Å². The van der Waals surface area contributed by atoms with E-state index >= 15 is 0 Å². The Morgan fingerprint density at radius 2 is 1.86 bits per heavy atom. The number of amides is 1. The number of anilines is 1. The molecule has 0 atom stereocenters. The molecule has 0 radical (unpaired) electrons. The van der Waals surface area contributed by atoms with Gasteiger partial charge in [-0.3, -0.25) is 9.79 Å². The molecule has 0 saturated carbocycles. The Morgan fingerprint density at radius 3 is 2.50 bits per heavy atom. The lowest BCUT2D eigenvalue weighted by Gasteiger charge is -2.09. The fourth-order valence-electron chi connectivity index (χ4n) is 2.38. The van der Waals surface area contributed by atoms with E-state index in [2.05, 4.69) is 10.3 Å². The van der Waals surface area contributed by atoms with E-state index in [-0.39, 0.29) is 5.91 Å². The molecule has 0 bridgehead atoms. The summed E-state index contributed by atoms with van der Waals surface area (Å²) in [5.74, 6) is 0.241. The highest BCUT2D eigenvalue weighted by atomic mass is 32.1. The van der Waals surface area contributed by atoms with Gasteiger partial charge < -0.3 is 14.8 Å². The summed E-state index contributed by atoms with van der Waals surface area (Å²) in [5, 5.41) is 4.52. The fraction of sp³-hybridized carbons (Fsp3) is 0.0952. The minimum atomic E-state index is -0.422. The van der Waals surface area contributed by atoms with Crippen molar-refractivity contribution in [3.05, 3.63) is 70.4 Å². The van der Waals surface area contributed by atoms with E-state index in [1.165, 1.54) is 25.4 Å². The van der Waals surface area contributed by atoms with Crippen molar-refractivity contribution in [1.29, 1.82) is 0 Å². The highest BCUT2D eigenvalue weighted by Crippen LogP contribution is 2.29. The third-order valence-corrected chi connectivity index (χ3v) is 4.51. The van der Waals surface area contributed by atoms with Crippen molar-refractivity contribution in [2.24, 2.45) is 4.99 Å². The number of aliphatic imine (C=N–C) groups is 1. The highest BCUT2D eigenvalue weighted by molar-refractivity contribution is 7.12. The van der Waals surface area contributed by atoms with E-state index in [0.717, 1.165) is 11.3 Å². The topological polar surface area (TPSA) is 77.0 Å². The van der Waals surface area contributed by atoms with Crippen LogP contribution in [0.15, 0.2) is 65.0 Å². The van der Waals surface area contributed by atoms with Crippen LogP contribution in [0, 0.1) is 0 Å². The summed E-state index contributed by atoms with van der Waals surface area (Å²) >= 11 is 1.32. The summed E-state index contributed by atoms with van der Waals surface area (Å²) in [6, 6.07) is 15.9. The molecule has 3 rings (SSSR count). The zero-order valence-corrected chi connectivity index (χ0v) is 16.2. The summed E-state index contributed by atoms with van der Waals surface area (Å²) in [5.41, 5.74) is 2.24. The highest BCUT2D eigenvalue weighted by Gasteiger charge is 2.13. The molecule has 142 valence electrons. The SMILES string of the molecule is COc1cc(C=Nc2ccc(NC(C)=O)cc2)ccc1OC(=O)c1cccs1. The van der Waals surface area contributed by atoms with Crippen LogP contribution in [0.3, 0.4) is 0 Å². The van der Waals surface area contributed by atoms with E-state index in [0.29, 0.717) is 22.1 Å². The third-order valence-electron chi connectivity index (χ3n) is 3.66. The normalized spacial score (nSPS) is 10.6. The van der Waals surface area contributed by atoms with Crippen molar-refractivity contribution in [3.8, 4) is 11.5 Å². The van der Waals surface area contributed by atoms with Crippen molar-refractivity contribution in [2.75, 3.05) is 12.4 Å². The molecule has 0 aliphatic rings. The molecule has 0 spiro atoms. The van der Waals surface area contributed by atoms with Crippen molar-refractivity contribution >= 4 is 40.8 Å². The van der Waals surface area contributed by atoms with Gasteiger partial charge in [-0.05, 0) is 59.5 Å². The van der Waals surface area contributed by atoms with Gasteiger partial charge in [0.2, 0.25) is 5.91 Å². The summed E-state index contributed by atoms with van der Waals surface area (Å²) in [4.78, 5) is 28.1. The zero-order chi connectivity index (χ0) is 19.9. The summed E-state index contributed by atoms with van der Waals surface area (Å²) in [6.07, 6.45) is 1.68. The molecular formula is C21H18N2O4S. The standard InChI is InChI=1S/C21H18N2O4S/c1-14(24)23-17-8-6-16(7-9-17)22-13-15-5-10-18(19(12-15)26-2)27-21(25)20-4-3-11-28-20/h3-13H,1-2H3,(H,23,24). The number of hydrogen-bond donors (Lipinski definition) is 1. The van der Waals surface area contributed by atoms with Gasteiger partial charge in [0.05, 0.1) is 12.8 Å². The predicted octanol–water partition coefficient (Wildman–Crippen LogP) is 4.68. The summed E-state index contributed by atoms with van der Waals surface area (Å²) in [6.45, 7) is 1.46. The van der Waals surface area contributed by atoms with E-state index in [4.69, 9.17) is 9.47 Å². The average molecular weight is 394 g/mol. The van der Waals surface area contributed by atoms with Crippen LogP contribution in [-0.4, -0.2) is 25.2 Å². The second-order valence-corrected chi connectivity index (χ2v) is 6.71. The Bertz CT molecular complexity index is 996. The number of benzene rings is 2. The van der Waals surface area contributed by atoms with Crippen LogP contribution in [0.2, 0.25) is 0 Å². The van der Waals surface area contributed by atoms with Crippen molar-refractivity contribution < 1.29 is 19.1 Å². The molecule has 1 amide bonds. The zero-order valence-electron chi connectivity index (χ0n) is 15.3. The summed E-state index contributed by atoms with van der Waals surface area (Å²) < 4.78 is 10.7. The number of ether oxygens (including phenoxy) is 2. The smallest absolute Gasteiger partial charge is 0.353 e. The third kappa shape index (κ3) is 5.05. The van der Waals surface area contributed by atoms with Gasteiger partial charge in [0.1, 0.15) is 4.88 Å². The van der Waals surface area contributed by atoms with Gasteiger partial charge in [-0.1, -0.05) is 6.07 Å². The maximum absolute atomic E-state index is 12.1. The molecule has 3 aromatic rings. The first-order chi connectivity index (χ1) is 13.5. The van der Waals surface area contributed by atoms with Gasteiger partial charge in [0.25, 0.3) is 0 Å². The molecular weight excluding hydrogens is 376 g/mol. The lowest BCUT2D eigenvalue weighted by molar-refractivity contribution is -0.114. The molecule has 1 heterocycles. The quantitative estimate of drug-likeness (QED) is 0.374. The van der Waals surface area contributed by atoms with Crippen molar-refractivity contribution in [2.45, 2.75) is 6.92 Å². The predicted molar refractivity (Wildman–Crippen MR) is 110 cm³/mol. The van der Waals surface area contributed by atoms with E-state index < -0.39 is 5.97 Å². The van der Waals surface area contributed by atoms with Gasteiger partial charge in [0, 0.05) is 18.8 Å². The van der Waals surface area contributed by atoms with Crippen LogP contribution in [0.5, 0.6) is 11.5 Å². The molecule has 7 heteroatoms. The lowest BCUT2D eigenvalue weighted by atomic mass is 10.2. The molecule has 0 fully saturated rings. The van der Waals surface area contributed by atoms with Crippen LogP contribution in [0.1, 0.15) is 22.2 Å². The van der Waals surface area contributed by atoms with Crippen LogP contribution >= 0.6 is 11.3 Å². The molecule has 28 heavy (non-hydrogen) atoms. The Morgan fingerprint density at radius 1 is 1.07 bits per heavy atom. The molecule has 0 unspecified atom stereocenters. The van der Waals surface area contributed by atoms with Gasteiger partial charge in [-0.15, -0.1) is 11.3 Å². The number of methoxy groups -OCH3 is 1. The molecule has 0 aliphatic carbocycles. The Labute approximate surface area is 166 Å². The maximum Gasteiger partial charge on any atom is 0.353 e. The molecule has 1 aromatic heterocycles. The van der Waals surface area contributed by atoms with Gasteiger partial charge in [0.15, 0.2) is 11.5 Å². The number of hydrogen-bond acceptors (Lipinski definition) is 6. The van der Waals surface area contributed by atoms with Gasteiger partial charge >= 0.3 is 5.97 Å². The van der Waals surface area contributed by atoms with Crippen LogP contribution in [0.4, 0.5) is 11.4 Å². The minimum Gasteiger partial charge on any atom is -0.493 e. The van der Waals surface area contributed by atoms with Crippen molar-refractivity contribution in [3.63, 3.8) is 0 Å². The lowest BCUT2D eigenvalue weighted by Crippen LogP contribution is -2.07. The second-order valence-electron chi connectivity index (χ2n) is 5.76. The number of nitrogens with one attached hydrogen (secondary N) is 1. The monoisotopic (exact) mass is 394 g/mol. The Balaban J connectivity index is 1.71. The second kappa shape index (κ2) is 8.96. The summed E-state index contributed by atoms with van der Waals surface area (Å²) in [7, 11) is 1.51. The number of carbonyl (C=O) groups is 2. The number of carbonyl (C=O) groups excluding carboxylic acids is 2.